The molecule has 1 aliphatic rings. The fourth-order valence-corrected chi connectivity index (χ4v) is 1.84. The molecular weight excluding hydrogens is 254 g/mol. The normalized spacial score (nSPS) is 18.2. The van der Waals surface area contributed by atoms with Crippen LogP contribution in [0.5, 0.6) is 5.75 Å². The summed E-state index contributed by atoms with van der Waals surface area (Å²) in [6.07, 6.45) is 0.840. The van der Waals surface area contributed by atoms with Gasteiger partial charge in [-0.1, -0.05) is 0 Å². The van der Waals surface area contributed by atoms with E-state index in [-0.39, 0.29) is 29.5 Å². The fraction of sp³-hybridized carbons (Fsp3) is 0.417. The number of nitrogens with zero attached hydrogens (tertiary/aromatic N) is 1. The van der Waals surface area contributed by atoms with Crippen molar-refractivity contribution < 1.29 is 24.3 Å². The van der Waals surface area contributed by atoms with E-state index in [1.165, 1.54) is 12.1 Å². The highest BCUT2D eigenvalue weighted by molar-refractivity contribution is 5.88. The minimum Gasteiger partial charge on any atom is -0.486 e. The molecule has 0 spiro atoms. The zero-order valence-electron chi connectivity index (χ0n) is 10.1. The average Bonchev–Trinajstić information content (AvgIpc) is 2.88. The first-order chi connectivity index (χ1) is 9.08. The summed E-state index contributed by atoms with van der Waals surface area (Å²) >= 11 is 0. The van der Waals surface area contributed by atoms with Gasteiger partial charge in [-0.3, -0.25) is 10.1 Å². The van der Waals surface area contributed by atoms with E-state index >= 15 is 0 Å². The highest BCUT2D eigenvalue weighted by Gasteiger charge is 2.21. The molecule has 0 aliphatic carbocycles. The van der Waals surface area contributed by atoms with Crippen molar-refractivity contribution in [3.05, 3.63) is 33.9 Å². The third-order valence-electron chi connectivity index (χ3n) is 2.90. The molecule has 102 valence electrons. The zero-order chi connectivity index (χ0) is 13.8. The van der Waals surface area contributed by atoms with Gasteiger partial charge in [0.15, 0.2) is 5.75 Å². The van der Waals surface area contributed by atoms with Crippen molar-refractivity contribution in [1.82, 2.24) is 0 Å². The largest absolute Gasteiger partial charge is 0.486 e. The Kier molecular flexibility index (Phi) is 3.96. The fourth-order valence-electron chi connectivity index (χ4n) is 1.84. The third kappa shape index (κ3) is 3.19. The van der Waals surface area contributed by atoms with Crippen LogP contribution in [0.4, 0.5) is 5.69 Å². The van der Waals surface area contributed by atoms with Crippen LogP contribution < -0.4 is 4.74 Å². The Bertz CT molecular complexity index is 495. The molecular formula is C12H13NO6. The molecule has 0 aromatic heterocycles. The lowest BCUT2D eigenvalue weighted by Gasteiger charge is -2.10. The van der Waals surface area contributed by atoms with Crippen LogP contribution in [0, 0.1) is 16.0 Å². The maximum absolute atomic E-state index is 10.9. The molecule has 0 radical (unpaired) electrons. The van der Waals surface area contributed by atoms with E-state index < -0.39 is 10.9 Å². The van der Waals surface area contributed by atoms with Gasteiger partial charge in [0, 0.05) is 24.7 Å². The van der Waals surface area contributed by atoms with Gasteiger partial charge in [-0.25, -0.2) is 4.79 Å². The lowest BCUT2D eigenvalue weighted by atomic mass is 10.1. The minimum absolute atomic E-state index is 0.0169. The molecule has 1 N–H and O–H groups in total. The molecule has 1 atom stereocenters. The first-order valence-electron chi connectivity index (χ1n) is 5.80. The van der Waals surface area contributed by atoms with Crippen LogP contribution in [0.2, 0.25) is 0 Å². The van der Waals surface area contributed by atoms with E-state index in [2.05, 4.69) is 0 Å². The number of ether oxygens (including phenoxy) is 2. The van der Waals surface area contributed by atoms with Gasteiger partial charge in [0.25, 0.3) is 0 Å². The molecule has 2 rings (SSSR count). The molecule has 0 bridgehead atoms. The van der Waals surface area contributed by atoms with Crippen LogP contribution in [0.3, 0.4) is 0 Å². The Labute approximate surface area is 108 Å². The number of hydrogen-bond acceptors (Lipinski definition) is 5. The van der Waals surface area contributed by atoms with Crippen molar-refractivity contribution in [2.24, 2.45) is 5.92 Å². The molecule has 1 saturated heterocycles. The number of benzene rings is 1. The second-order valence-electron chi connectivity index (χ2n) is 4.29. The second-order valence-corrected chi connectivity index (χ2v) is 4.29. The van der Waals surface area contributed by atoms with E-state index in [0.717, 1.165) is 12.5 Å². The monoisotopic (exact) mass is 267 g/mol. The van der Waals surface area contributed by atoms with Gasteiger partial charge in [-0.2, -0.15) is 0 Å². The first kappa shape index (κ1) is 13.3. The summed E-state index contributed by atoms with van der Waals surface area (Å²) in [5.41, 5.74) is -0.271. The van der Waals surface area contributed by atoms with Gasteiger partial charge in [-0.05, 0) is 12.5 Å². The van der Waals surface area contributed by atoms with E-state index in [9.17, 15) is 14.9 Å². The van der Waals surface area contributed by atoms with Crippen molar-refractivity contribution in [2.45, 2.75) is 6.42 Å². The van der Waals surface area contributed by atoms with Crippen molar-refractivity contribution in [3.63, 3.8) is 0 Å². The molecule has 1 aliphatic heterocycles. The van der Waals surface area contributed by atoms with Crippen LogP contribution in [0.15, 0.2) is 18.2 Å². The van der Waals surface area contributed by atoms with E-state index in [4.69, 9.17) is 14.6 Å². The van der Waals surface area contributed by atoms with Crippen molar-refractivity contribution in [2.75, 3.05) is 19.8 Å². The Hall–Kier alpha value is -2.15. The highest BCUT2D eigenvalue weighted by Crippen LogP contribution is 2.29. The molecule has 0 saturated carbocycles. The van der Waals surface area contributed by atoms with Gasteiger partial charge in [0.05, 0.1) is 23.7 Å². The zero-order valence-corrected chi connectivity index (χ0v) is 10.1. The molecule has 1 heterocycles. The molecule has 19 heavy (non-hydrogen) atoms. The Balaban J connectivity index is 2.16. The SMILES string of the molecule is O=C(O)c1ccc([N+](=O)[O-])c(OCC2CCOC2)c1. The number of aromatic carboxylic acids is 1. The van der Waals surface area contributed by atoms with Crippen LogP contribution in [0.1, 0.15) is 16.8 Å². The van der Waals surface area contributed by atoms with Gasteiger partial charge in [0.2, 0.25) is 0 Å². The maximum Gasteiger partial charge on any atom is 0.335 e. The maximum atomic E-state index is 10.9. The van der Waals surface area contributed by atoms with Crippen molar-refractivity contribution in [3.8, 4) is 5.75 Å². The van der Waals surface area contributed by atoms with Crippen LogP contribution in [-0.2, 0) is 4.74 Å². The summed E-state index contributed by atoms with van der Waals surface area (Å²) in [5, 5.41) is 19.7. The number of carboxylic acid groups (broad SMARTS) is 1. The predicted octanol–water partition coefficient (Wildman–Crippen LogP) is 1.71. The Morgan fingerprint density at radius 1 is 1.58 bits per heavy atom. The highest BCUT2D eigenvalue weighted by atomic mass is 16.6. The molecule has 1 aromatic rings. The van der Waals surface area contributed by atoms with Crippen LogP contribution >= 0.6 is 0 Å². The van der Waals surface area contributed by atoms with Crippen molar-refractivity contribution >= 4 is 11.7 Å². The molecule has 1 aromatic carbocycles. The average molecular weight is 267 g/mol. The van der Waals surface area contributed by atoms with Crippen LogP contribution in [-0.4, -0.2) is 35.8 Å². The number of carboxylic acids is 1. The summed E-state index contributed by atoms with van der Waals surface area (Å²) < 4.78 is 10.6. The Morgan fingerprint density at radius 3 is 2.95 bits per heavy atom. The summed E-state index contributed by atoms with van der Waals surface area (Å²) in [6, 6.07) is 3.51. The second kappa shape index (κ2) is 5.66. The number of rotatable bonds is 5. The summed E-state index contributed by atoms with van der Waals surface area (Å²) in [4.78, 5) is 21.1. The standard InChI is InChI=1S/C12H13NO6/c14-12(15)9-1-2-10(13(16)17)11(5-9)19-7-8-3-4-18-6-8/h1-2,5,8H,3-4,6-7H2,(H,14,15). The summed E-state index contributed by atoms with van der Waals surface area (Å²) in [6.45, 7) is 1.50. The predicted molar refractivity (Wildman–Crippen MR) is 64.5 cm³/mol. The van der Waals surface area contributed by atoms with Crippen LogP contribution in [0.25, 0.3) is 0 Å². The lowest BCUT2D eigenvalue weighted by Crippen LogP contribution is -2.12. The van der Waals surface area contributed by atoms with Crippen molar-refractivity contribution in [1.29, 1.82) is 0 Å². The number of nitro groups is 1. The van der Waals surface area contributed by atoms with Gasteiger partial charge in [-0.15, -0.1) is 0 Å². The van der Waals surface area contributed by atoms with E-state index in [1.807, 2.05) is 0 Å². The van der Waals surface area contributed by atoms with E-state index in [1.54, 1.807) is 0 Å². The quantitative estimate of drug-likeness (QED) is 0.644. The minimum atomic E-state index is -1.15. The molecule has 1 fully saturated rings. The third-order valence-corrected chi connectivity index (χ3v) is 2.90. The molecule has 7 nitrogen and oxygen atoms in total. The van der Waals surface area contributed by atoms with Gasteiger partial charge < -0.3 is 14.6 Å². The lowest BCUT2D eigenvalue weighted by molar-refractivity contribution is -0.385. The topological polar surface area (TPSA) is 98.9 Å². The molecule has 0 amide bonds. The summed E-state index contributed by atoms with van der Waals surface area (Å²) in [5.74, 6) is -0.978. The van der Waals surface area contributed by atoms with Gasteiger partial charge in [0.1, 0.15) is 0 Å². The smallest absolute Gasteiger partial charge is 0.335 e. The first-order valence-corrected chi connectivity index (χ1v) is 5.80. The molecule has 7 heteroatoms. The summed E-state index contributed by atoms with van der Waals surface area (Å²) in [7, 11) is 0. The molecule has 1 unspecified atom stereocenters. The van der Waals surface area contributed by atoms with Gasteiger partial charge >= 0.3 is 11.7 Å². The number of nitro benzene ring substituents is 1. The Morgan fingerprint density at radius 2 is 2.37 bits per heavy atom. The van der Waals surface area contributed by atoms with E-state index in [0.29, 0.717) is 13.2 Å². The number of carbonyl (C=O) groups is 1. The number of hydrogen-bond donors (Lipinski definition) is 1.